The number of fused-ring (bicyclic) bond motifs is 5. The van der Waals surface area contributed by atoms with Gasteiger partial charge in [0.15, 0.2) is 0 Å². The van der Waals surface area contributed by atoms with Crippen molar-refractivity contribution in [3.63, 3.8) is 0 Å². The molecule has 0 bridgehead atoms. The SMILES string of the molecule is C[C@]12CC[C@@H](OC(=O)c3ccccc3)C[C@@H]1CC[C@H]1[C@@H]2CC[C@]2(C)C=CC[C@@H]12. The quantitative estimate of drug-likeness (QED) is 0.438. The zero-order valence-electron chi connectivity index (χ0n) is 17.4. The maximum absolute atomic E-state index is 12.5. The first-order valence-corrected chi connectivity index (χ1v) is 11.4. The minimum atomic E-state index is -0.145. The van der Waals surface area contributed by atoms with Crippen LogP contribution in [0.1, 0.15) is 75.6 Å². The molecule has 0 aromatic heterocycles. The zero-order valence-corrected chi connectivity index (χ0v) is 17.4. The zero-order chi connectivity index (χ0) is 19.4. The van der Waals surface area contributed by atoms with Crippen LogP contribution < -0.4 is 0 Å². The highest BCUT2D eigenvalue weighted by Crippen LogP contribution is 2.65. The van der Waals surface area contributed by atoms with Gasteiger partial charge in [-0.1, -0.05) is 44.2 Å². The van der Waals surface area contributed by atoms with E-state index in [2.05, 4.69) is 26.0 Å². The van der Waals surface area contributed by atoms with Crippen molar-refractivity contribution < 1.29 is 9.53 Å². The number of esters is 1. The average Bonchev–Trinajstić information content (AvgIpc) is 3.11. The van der Waals surface area contributed by atoms with Gasteiger partial charge < -0.3 is 4.74 Å². The summed E-state index contributed by atoms with van der Waals surface area (Å²) in [6.45, 7) is 5.08. The van der Waals surface area contributed by atoms with Gasteiger partial charge in [0.25, 0.3) is 0 Å². The van der Waals surface area contributed by atoms with Gasteiger partial charge in [0.2, 0.25) is 0 Å². The molecule has 2 nitrogen and oxygen atoms in total. The van der Waals surface area contributed by atoms with Crippen molar-refractivity contribution in [3.05, 3.63) is 48.0 Å². The molecule has 7 atom stereocenters. The van der Waals surface area contributed by atoms with Gasteiger partial charge in [-0.2, -0.15) is 0 Å². The molecule has 28 heavy (non-hydrogen) atoms. The number of ether oxygens (including phenoxy) is 1. The fourth-order valence-corrected chi connectivity index (χ4v) is 7.60. The standard InChI is InChI=1S/C26H34O2/c1-25-14-6-9-22(25)21-11-10-19-17-20(12-16-26(19,2)23(21)13-15-25)28-24(27)18-7-4-3-5-8-18/h3-8,14,19-23H,9-13,15-17H2,1-2H3/t19-,20+,21+,22-,23-,25-,26-/m0/s1. The molecule has 0 radical (unpaired) electrons. The Morgan fingerprint density at radius 2 is 1.82 bits per heavy atom. The van der Waals surface area contributed by atoms with Crippen LogP contribution in [0.15, 0.2) is 42.5 Å². The van der Waals surface area contributed by atoms with Gasteiger partial charge in [0.05, 0.1) is 5.56 Å². The molecule has 0 heterocycles. The summed E-state index contributed by atoms with van der Waals surface area (Å²) in [6, 6.07) is 9.47. The van der Waals surface area contributed by atoms with Gasteiger partial charge in [0, 0.05) is 0 Å². The first-order valence-electron chi connectivity index (χ1n) is 11.4. The molecule has 3 fully saturated rings. The lowest BCUT2D eigenvalue weighted by Crippen LogP contribution is -2.53. The van der Waals surface area contributed by atoms with Crippen LogP contribution in [0.2, 0.25) is 0 Å². The second-order valence-electron chi connectivity index (χ2n) is 10.5. The number of carbonyl (C=O) groups excluding carboxylic acids is 1. The molecule has 4 aliphatic carbocycles. The topological polar surface area (TPSA) is 26.3 Å². The van der Waals surface area contributed by atoms with Crippen molar-refractivity contribution in [3.8, 4) is 0 Å². The summed E-state index contributed by atoms with van der Waals surface area (Å²) in [5.41, 5.74) is 1.59. The minimum Gasteiger partial charge on any atom is -0.459 e. The molecular weight excluding hydrogens is 344 g/mol. The van der Waals surface area contributed by atoms with Crippen LogP contribution in [0.5, 0.6) is 0 Å². The predicted octanol–water partition coefficient (Wildman–Crippen LogP) is 6.42. The van der Waals surface area contributed by atoms with Gasteiger partial charge in [-0.15, -0.1) is 0 Å². The summed E-state index contributed by atoms with van der Waals surface area (Å²) in [5.74, 6) is 3.22. The second kappa shape index (κ2) is 6.75. The van der Waals surface area contributed by atoms with Crippen LogP contribution in [-0.4, -0.2) is 12.1 Å². The highest BCUT2D eigenvalue weighted by atomic mass is 16.5. The lowest BCUT2D eigenvalue weighted by Gasteiger charge is -2.60. The Morgan fingerprint density at radius 3 is 2.64 bits per heavy atom. The van der Waals surface area contributed by atoms with E-state index in [1.54, 1.807) is 0 Å². The Balaban J connectivity index is 1.28. The monoisotopic (exact) mass is 378 g/mol. The van der Waals surface area contributed by atoms with E-state index in [0.29, 0.717) is 16.4 Å². The van der Waals surface area contributed by atoms with E-state index in [-0.39, 0.29) is 12.1 Å². The maximum atomic E-state index is 12.5. The van der Waals surface area contributed by atoms with Gasteiger partial charge in [-0.3, -0.25) is 0 Å². The van der Waals surface area contributed by atoms with E-state index in [0.717, 1.165) is 36.5 Å². The summed E-state index contributed by atoms with van der Waals surface area (Å²) in [5, 5.41) is 0. The van der Waals surface area contributed by atoms with E-state index in [1.165, 1.54) is 38.5 Å². The molecule has 1 aromatic rings. The van der Waals surface area contributed by atoms with Crippen molar-refractivity contribution in [1.29, 1.82) is 0 Å². The Bertz CT molecular complexity index is 768. The Morgan fingerprint density at radius 1 is 1.00 bits per heavy atom. The van der Waals surface area contributed by atoms with E-state index in [9.17, 15) is 4.79 Å². The first-order chi connectivity index (χ1) is 13.5. The highest BCUT2D eigenvalue weighted by Gasteiger charge is 2.57. The fraction of sp³-hybridized carbons (Fsp3) is 0.654. The lowest BCUT2D eigenvalue weighted by molar-refractivity contribution is -0.118. The molecule has 0 saturated heterocycles. The fourth-order valence-electron chi connectivity index (χ4n) is 7.60. The van der Waals surface area contributed by atoms with Crippen molar-refractivity contribution in [2.24, 2.45) is 34.5 Å². The molecule has 0 spiro atoms. The molecule has 0 N–H and O–H groups in total. The molecule has 0 unspecified atom stereocenters. The summed E-state index contributed by atoms with van der Waals surface area (Å²) < 4.78 is 5.94. The molecule has 1 aromatic carbocycles. The Kier molecular flexibility index (Phi) is 4.45. The summed E-state index contributed by atoms with van der Waals surface area (Å²) in [7, 11) is 0. The van der Waals surface area contributed by atoms with Crippen molar-refractivity contribution in [2.75, 3.05) is 0 Å². The van der Waals surface area contributed by atoms with Gasteiger partial charge >= 0.3 is 5.97 Å². The Hall–Kier alpha value is -1.57. The van der Waals surface area contributed by atoms with Crippen LogP contribution in [-0.2, 0) is 4.74 Å². The molecule has 5 rings (SSSR count). The third kappa shape index (κ3) is 2.86. The number of benzene rings is 1. The normalized spacial score (nSPS) is 44.3. The molecule has 0 aliphatic heterocycles. The molecule has 0 amide bonds. The van der Waals surface area contributed by atoms with Gasteiger partial charge in [0.1, 0.15) is 6.10 Å². The summed E-state index contributed by atoms with van der Waals surface area (Å²) >= 11 is 0. The smallest absolute Gasteiger partial charge is 0.338 e. The van der Waals surface area contributed by atoms with Crippen molar-refractivity contribution in [2.45, 2.75) is 71.3 Å². The van der Waals surface area contributed by atoms with Crippen molar-refractivity contribution >= 4 is 5.97 Å². The molecule has 3 saturated carbocycles. The third-order valence-electron chi connectivity index (χ3n) is 9.23. The molecule has 4 aliphatic rings. The Labute approximate surface area is 169 Å². The highest BCUT2D eigenvalue weighted by molar-refractivity contribution is 5.89. The number of allylic oxidation sites excluding steroid dienone is 2. The van der Waals surface area contributed by atoms with E-state index >= 15 is 0 Å². The molecule has 2 heteroatoms. The van der Waals surface area contributed by atoms with E-state index in [4.69, 9.17) is 4.74 Å². The number of hydrogen-bond donors (Lipinski definition) is 0. The van der Waals surface area contributed by atoms with Crippen LogP contribution in [0.25, 0.3) is 0 Å². The van der Waals surface area contributed by atoms with Gasteiger partial charge in [-0.05, 0) is 98.0 Å². The van der Waals surface area contributed by atoms with E-state index in [1.807, 2.05) is 30.3 Å². The second-order valence-corrected chi connectivity index (χ2v) is 10.5. The summed E-state index contributed by atoms with van der Waals surface area (Å²) in [6.07, 6.45) is 15.2. The minimum absolute atomic E-state index is 0.101. The van der Waals surface area contributed by atoms with E-state index < -0.39 is 0 Å². The summed E-state index contributed by atoms with van der Waals surface area (Å²) in [4.78, 5) is 12.5. The van der Waals surface area contributed by atoms with Crippen LogP contribution in [0, 0.1) is 34.5 Å². The van der Waals surface area contributed by atoms with Crippen molar-refractivity contribution in [1.82, 2.24) is 0 Å². The third-order valence-corrected chi connectivity index (χ3v) is 9.23. The van der Waals surface area contributed by atoms with Crippen LogP contribution >= 0.6 is 0 Å². The number of rotatable bonds is 2. The average molecular weight is 379 g/mol. The molecular formula is C26H34O2. The number of carbonyl (C=O) groups is 1. The molecule has 150 valence electrons. The van der Waals surface area contributed by atoms with Gasteiger partial charge in [-0.25, -0.2) is 4.79 Å². The number of hydrogen-bond acceptors (Lipinski definition) is 2. The van der Waals surface area contributed by atoms with Crippen LogP contribution in [0.3, 0.4) is 0 Å². The predicted molar refractivity (Wildman–Crippen MR) is 112 cm³/mol. The first kappa shape index (κ1) is 18.5. The lowest BCUT2D eigenvalue weighted by atomic mass is 9.45. The largest absolute Gasteiger partial charge is 0.459 e. The van der Waals surface area contributed by atoms with Crippen LogP contribution in [0.4, 0.5) is 0 Å². The maximum Gasteiger partial charge on any atom is 0.338 e.